The Labute approximate surface area is 307 Å². The molecule has 51 heavy (non-hydrogen) atoms. The van der Waals surface area contributed by atoms with E-state index < -0.39 is 0 Å². The van der Waals surface area contributed by atoms with Gasteiger partial charge in [0.05, 0.1) is 11.6 Å². The molecule has 1 aliphatic heterocycles. The van der Waals surface area contributed by atoms with Crippen molar-refractivity contribution in [3.63, 3.8) is 0 Å². The van der Waals surface area contributed by atoms with E-state index in [0.29, 0.717) is 0 Å². The Balaban J connectivity index is 1.31. The second-order valence-electron chi connectivity index (χ2n) is 13.2. The molecule has 2 heterocycles. The van der Waals surface area contributed by atoms with Crippen LogP contribution in [0.5, 0.6) is 0 Å². The zero-order valence-electron chi connectivity index (χ0n) is 27.9. The van der Waals surface area contributed by atoms with Crippen molar-refractivity contribution in [2.75, 3.05) is 0 Å². The average molecular weight is 688 g/mol. The van der Waals surface area contributed by atoms with E-state index in [-0.39, 0.29) is 6.04 Å². The van der Waals surface area contributed by atoms with Crippen molar-refractivity contribution in [1.29, 1.82) is 0 Å². The lowest BCUT2D eigenvalue weighted by Crippen LogP contribution is -2.07. The van der Waals surface area contributed by atoms with Gasteiger partial charge in [-0.3, -0.25) is 0 Å². The van der Waals surface area contributed by atoms with Gasteiger partial charge in [0, 0.05) is 47.0 Å². The summed E-state index contributed by atoms with van der Waals surface area (Å²) in [5.74, 6) is 0. The second-order valence-corrected chi connectivity index (χ2v) is 15.3. The monoisotopic (exact) mass is 687 g/mol. The van der Waals surface area contributed by atoms with Gasteiger partial charge in [0.1, 0.15) is 0 Å². The number of fused-ring (bicyclic) bond motifs is 9. The topological polar surface area (TPSA) is 4.93 Å². The van der Waals surface area contributed by atoms with Gasteiger partial charge in [0.25, 0.3) is 0 Å². The fourth-order valence-electron chi connectivity index (χ4n) is 7.91. The summed E-state index contributed by atoms with van der Waals surface area (Å²) < 4.78 is 2.59. The Hall–Kier alpha value is -5.48. The molecule has 8 aromatic rings. The van der Waals surface area contributed by atoms with E-state index in [1.807, 2.05) is 23.5 Å². The first kappa shape index (κ1) is 30.4. The average Bonchev–Trinajstić information content (AvgIpc) is 3.54. The number of allylic oxidation sites excluding steroid dienone is 4. The molecule has 0 saturated heterocycles. The molecule has 2 aliphatic rings. The van der Waals surface area contributed by atoms with Crippen LogP contribution in [-0.2, 0) is 0 Å². The molecular formula is C48H33NS2. The van der Waals surface area contributed by atoms with Crippen LogP contribution in [-0.4, -0.2) is 4.57 Å². The molecule has 7 aromatic carbocycles. The van der Waals surface area contributed by atoms with Crippen LogP contribution in [0.25, 0.3) is 66.3 Å². The molecule has 10 rings (SSSR count). The zero-order valence-corrected chi connectivity index (χ0v) is 29.5. The molecule has 0 spiro atoms. The zero-order chi connectivity index (χ0) is 33.7. The van der Waals surface area contributed by atoms with E-state index in [9.17, 15) is 0 Å². The molecule has 1 nitrogen and oxygen atoms in total. The van der Waals surface area contributed by atoms with Crippen molar-refractivity contribution in [3.05, 3.63) is 182 Å². The third-order valence-electron chi connectivity index (χ3n) is 10.2. The first-order valence-electron chi connectivity index (χ1n) is 17.5. The summed E-state index contributed by atoms with van der Waals surface area (Å²) in [6.45, 7) is 0. The maximum atomic E-state index is 2.59. The number of nitrogens with zero attached hydrogens (tertiary/aromatic N) is 1. The molecule has 242 valence electrons. The minimum Gasteiger partial charge on any atom is -0.333 e. The van der Waals surface area contributed by atoms with Gasteiger partial charge >= 0.3 is 0 Å². The van der Waals surface area contributed by atoms with Crippen LogP contribution in [0.2, 0.25) is 0 Å². The van der Waals surface area contributed by atoms with E-state index in [2.05, 4.69) is 187 Å². The van der Waals surface area contributed by atoms with E-state index in [4.69, 9.17) is 0 Å². The highest BCUT2D eigenvalue weighted by atomic mass is 32.2. The van der Waals surface area contributed by atoms with E-state index in [0.717, 1.165) is 6.42 Å². The van der Waals surface area contributed by atoms with Crippen LogP contribution >= 0.6 is 23.5 Å². The molecular weight excluding hydrogens is 655 g/mol. The lowest BCUT2D eigenvalue weighted by atomic mass is 9.91. The Morgan fingerprint density at radius 1 is 0.451 bits per heavy atom. The predicted molar refractivity (Wildman–Crippen MR) is 218 cm³/mol. The minimum atomic E-state index is 0.237. The molecule has 0 fully saturated rings. The largest absolute Gasteiger partial charge is 0.333 e. The first-order valence-corrected chi connectivity index (χ1v) is 19.2. The Bertz CT molecular complexity index is 2680. The number of benzene rings is 7. The van der Waals surface area contributed by atoms with Crippen molar-refractivity contribution in [3.8, 4) is 44.5 Å². The van der Waals surface area contributed by atoms with Crippen molar-refractivity contribution < 1.29 is 0 Å². The van der Waals surface area contributed by atoms with Crippen molar-refractivity contribution >= 4 is 45.3 Å². The van der Waals surface area contributed by atoms with Crippen LogP contribution in [0, 0.1) is 0 Å². The molecule has 1 atom stereocenters. The number of para-hydroxylation sites is 2. The molecule has 1 unspecified atom stereocenters. The van der Waals surface area contributed by atoms with Crippen LogP contribution < -0.4 is 0 Å². The standard InChI is InChI=1S/C48H33NS2/c1-3-15-32(16-4-1)33-29-30-45-41(31-33)47-38(22-14-28-46(47)51-44-27-12-9-21-37(44)36-20-8-11-26-43(36)50-45)40-24-13-23-39-35-19-7-10-25-42(35)49(48(39)40)34-17-5-2-6-18-34/h1-17,19-31,34H,18H2. The maximum absolute atomic E-state index is 2.59. The summed E-state index contributed by atoms with van der Waals surface area (Å²) in [6.07, 6.45) is 9.99. The summed E-state index contributed by atoms with van der Waals surface area (Å²) >= 11 is 3.76. The summed E-state index contributed by atoms with van der Waals surface area (Å²) in [7, 11) is 0. The van der Waals surface area contributed by atoms with E-state index in [1.165, 1.54) is 85.9 Å². The lowest BCUT2D eigenvalue weighted by molar-refractivity contribution is 0.648. The highest BCUT2D eigenvalue weighted by Crippen LogP contribution is 2.52. The van der Waals surface area contributed by atoms with Gasteiger partial charge < -0.3 is 4.57 Å². The molecule has 0 bridgehead atoms. The van der Waals surface area contributed by atoms with Gasteiger partial charge in [-0.25, -0.2) is 0 Å². The molecule has 3 heteroatoms. The fourth-order valence-corrected chi connectivity index (χ4v) is 10.1. The minimum absolute atomic E-state index is 0.237. The summed E-state index contributed by atoms with van der Waals surface area (Å²) in [6, 6.07) is 58.6. The quantitative estimate of drug-likeness (QED) is 0.182. The van der Waals surface area contributed by atoms with Crippen molar-refractivity contribution in [2.24, 2.45) is 0 Å². The Morgan fingerprint density at radius 3 is 1.88 bits per heavy atom. The highest BCUT2D eigenvalue weighted by molar-refractivity contribution is 8.00. The van der Waals surface area contributed by atoms with Crippen LogP contribution in [0.1, 0.15) is 12.5 Å². The van der Waals surface area contributed by atoms with Gasteiger partial charge in [0.2, 0.25) is 0 Å². The van der Waals surface area contributed by atoms with Gasteiger partial charge in [-0.15, -0.1) is 0 Å². The molecule has 1 aliphatic carbocycles. The van der Waals surface area contributed by atoms with Crippen molar-refractivity contribution in [1.82, 2.24) is 4.57 Å². The molecule has 0 saturated carbocycles. The molecule has 0 N–H and O–H groups in total. The second kappa shape index (κ2) is 12.7. The van der Waals surface area contributed by atoms with Crippen LogP contribution in [0.15, 0.2) is 202 Å². The molecule has 0 radical (unpaired) electrons. The van der Waals surface area contributed by atoms with Gasteiger partial charge in [-0.2, -0.15) is 0 Å². The normalized spacial score (nSPS) is 14.9. The SMILES string of the molecule is C1=CCC(n2c3ccccc3c3cccc(-c4cccc5c4-c4cc(-c6ccccc6)ccc4Sc4ccccc4-c4ccccc4S5)c32)C=C1. The smallest absolute Gasteiger partial charge is 0.0576 e. The Kier molecular flexibility index (Phi) is 7.55. The van der Waals surface area contributed by atoms with Crippen LogP contribution in [0.3, 0.4) is 0 Å². The van der Waals surface area contributed by atoms with Gasteiger partial charge in [-0.1, -0.05) is 169 Å². The van der Waals surface area contributed by atoms with Gasteiger partial charge in [-0.05, 0) is 76.2 Å². The highest BCUT2D eigenvalue weighted by Gasteiger charge is 2.25. The number of aromatic nitrogens is 1. The third kappa shape index (κ3) is 5.19. The number of rotatable bonds is 3. The first-order chi connectivity index (χ1) is 25.3. The molecule has 1 aromatic heterocycles. The van der Waals surface area contributed by atoms with E-state index >= 15 is 0 Å². The van der Waals surface area contributed by atoms with Gasteiger partial charge in [0.15, 0.2) is 0 Å². The summed E-state index contributed by atoms with van der Waals surface area (Å²) in [5.41, 5.74) is 12.6. The van der Waals surface area contributed by atoms with Crippen molar-refractivity contribution in [2.45, 2.75) is 32.0 Å². The number of hydrogen-bond acceptors (Lipinski definition) is 2. The van der Waals surface area contributed by atoms with Crippen LogP contribution in [0.4, 0.5) is 0 Å². The number of hydrogen-bond donors (Lipinski definition) is 0. The van der Waals surface area contributed by atoms with E-state index in [1.54, 1.807) is 0 Å². The Morgan fingerprint density at radius 2 is 1.08 bits per heavy atom. The molecule has 0 amide bonds. The summed E-state index contributed by atoms with van der Waals surface area (Å²) in [4.78, 5) is 5.04. The predicted octanol–water partition coefficient (Wildman–Crippen LogP) is 14.1. The maximum Gasteiger partial charge on any atom is 0.0576 e. The lowest BCUT2D eigenvalue weighted by Gasteiger charge is -2.24. The summed E-state index contributed by atoms with van der Waals surface area (Å²) in [5, 5.41) is 2.59. The third-order valence-corrected chi connectivity index (χ3v) is 12.5. The fraction of sp³-hybridized carbons (Fsp3) is 0.0417.